The van der Waals surface area contributed by atoms with Crippen molar-refractivity contribution in [1.29, 1.82) is 0 Å². The van der Waals surface area contributed by atoms with Gasteiger partial charge in [0.15, 0.2) is 5.78 Å². The zero-order chi connectivity index (χ0) is 29.2. The van der Waals surface area contributed by atoms with Crippen molar-refractivity contribution in [2.45, 2.75) is 72.1 Å². The molecule has 41 heavy (non-hydrogen) atoms. The number of aryl methyl sites for hydroxylation is 2. The predicted molar refractivity (Wildman–Crippen MR) is 162 cm³/mol. The average Bonchev–Trinajstić information content (AvgIpc) is 2.91. The summed E-state index contributed by atoms with van der Waals surface area (Å²) in [4.78, 5) is 26.3. The molecule has 1 unspecified atom stereocenters. The Hall–Kier alpha value is -3.13. The summed E-state index contributed by atoms with van der Waals surface area (Å²) in [6.07, 6.45) is 1.51. The molecule has 0 heterocycles. The van der Waals surface area contributed by atoms with Gasteiger partial charge in [-0.25, -0.2) is 8.78 Å². The molecule has 0 bridgehead atoms. The van der Waals surface area contributed by atoms with Crippen molar-refractivity contribution in [3.63, 3.8) is 0 Å². The number of carbonyl (C=O) groups excluding carboxylic acids is 2. The van der Waals surface area contributed by atoms with E-state index in [9.17, 15) is 23.5 Å². The second kappa shape index (κ2) is 16.3. The van der Waals surface area contributed by atoms with Gasteiger partial charge < -0.3 is 15.7 Å². The quantitative estimate of drug-likeness (QED) is 0.192. The molecule has 0 fully saturated rings. The molecule has 0 saturated carbocycles. The third-order valence-electron chi connectivity index (χ3n) is 7.03. The SMILES string of the molecule is CCCC(C)C(=O)c1cc(C)cc(C(=O)N[C@@H](Cc2cc(F)cc(F)c2)[C@@H](O)CNCc2cccc(CC)c2)c1.Cl. The van der Waals surface area contributed by atoms with E-state index in [1.54, 1.807) is 18.2 Å². The highest BCUT2D eigenvalue weighted by Crippen LogP contribution is 2.18. The maximum Gasteiger partial charge on any atom is 0.251 e. The van der Waals surface area contributed by atoms with Gasteiger partial charge in [0.25, 0.3) is 5.91 Å². The molecular weight excluding hydrogens is 546 g/mol. The Morgan fingerprint density at radius 3 is 2.22 bits per heavy atom. The molecule has 0 aliphatic carbocycles. The fourth-order valence-electron chi connectivity index (χ4n) is 4.89. The minimum Gasteiger partial charge on any atom is -0.390 e. The minimum absolute atomic E-state index is 0. The molecule has 3 aromatic rings. The molecule has 0 saturated heterocycles. The van der Waals surface area contributed by atoms with Crippen LogP contribution in [-0.4, -0.2) is 35.5 Å². The Morgan fingerprint density at radius 2 is 1.56 bits per heavy atom. The van der Waals surface area contributed by atoms with Crippen LogP contribution in [-0.2, 0) is 19.4 Å². The third kappa shape index (κ3) is 10.3. The van der Waals surface area contributed by atoms with Crippen LogP contribution in [0.2, 0.25) is 0 Å². The second-order valence-corrected chi connectivity index (χ2v) is 10.6. The molecule has 1 amide bonds. The third-order valence-corrected chi connectivity index (χ3v) is 7.03. The van der Waals surface area contributed by atoms with E-state index in [-0.39, 0.29) is 37.1 Å². The van der Waals surface area contributed by atoms with Crippen LogP contribution in [0.4, 0.5) is 8.78 Å². The van der Waals surface area contributed by atoms with Gasteiger partial charge in [0.1, 0.15) is 11.6 Å². The first-order valence-corrected chi connectivity index (χ1v) is 14.0. The van der Waals surface area contributed by atoms with Gasteiger partial charge in [-0.3, -0.25) is 9.59 Å². The van der Waals surface area contributed by atoms with Crippen LogP contribution in [0.15, 0.2) is 60.7 Å². The smallest absolute Gasteiger partial charge is 0.251 e. The number of aliphatic hydroxyl groups is 1. The van der Waals surface area contributed by atoms with Crippen LogP contribution < -0.4 is 10.6 Å². The highest BCUT2D eigenvalue weighted by Gasteiger charge is 2.24. The molecule has 3 N–H and O–H groups in total. The lowest BCUT2D eigenvalue weighted by atomic mass is 9.93. The van der Waals surface area contributed by atoms with Crippen molar-refractivity contribution >= 4 is 24.1 Å². The Bertz CT molecular complexity index is 1300. The zero-order valence-electron chi connectivity index (χ0n) is 24.2. The summed E-state index contributed by atoms with van der Waals surface area (Å²) in [5.74, 6) is -2.12. The number of amides is 1. The summed E-state index contributed by atoms with van der Waals surface area (Å²) in [5.41, 5.74) is 4.10. The first-order chi connectivity index (χ1) is 19.1. The molecule has 0 spiro atoms. The van der Waals surface area contributed by atoms with Gasteiger partial charge in [0, 0.05) is 36.2 Å². The Morgan fingerprint density at radius 1 is 0.902 bits per heavy atom. The van der Waals surface area contributed by atoms with E-state index >= 15 is 0 Å². The fraction of sp³-hybridized carbons (Fsp3) is 0.394. The van der Waals surface area contributed by atoms with E-state index in [0.717, 1.165) is 36.5 Å². The van der Waals surface area contributed by atoms with Gasteiger partial charge in [-0.05, 0) is 78.8 Å². The van der Waals surface area contributed by atoms with E-state index in [2.05, 4.69) is 29.7 Å². The molecular formula is C33H41ClF2N2O3. The van der Waals surface area contributed by atoms with Crippen LogP contribution in [0.25, 0.3) is 0 Å². The summed E-state index contributed by atoms with van der Waals surface area (Å²) in [6, 6.07) is 15.5. The summed E-state index contributed by atoms with van der Waals surface area (Å²) in [5, 5.41) is 17.2. The summed E-state index contributed by atoms with van der Waals surface area (Å²) >= 11 is 0. The average molecular weight is 587 g/mol. The standard InChI is InChI=1S/C33H40F2N2O3.ClH/c1-5-8-22(4)32(39)26-11-21(3)12-27(17-26)33(40)37-30(16-25-14-28(34)18-29(35)15-25)31(38)20-36-19-24-10-7-9-23(6-2)13-24;/h7,9-15,17-18,22,30-31,36,38H,5-6,8,16,19-20H2,1-4H3,(H,37,40);1H/t22?,30-,31-;/m0./s1. The van der Waals surface area contributed by atoms with Crippen molar-refractivity contribution in [2.75, 3.05) is 6.54 Å². The van der Waals surface area contributed by atoms with Crippen molar-refractivity contribution in [1.82, 2.24) is 10.6 Å². The first kappa shape index (κ1) is 34.1. The van der Waals surface area contributed by atoms with Gasteiger partial charge >= 0.3 is 0 Å². The van der Waals surface area contributed by atoms with E-state index < -0.39 is 29.7 Å². The van der Waals surface area contributed by atoms with Gasteiger partial charge in [-0.15, -0.1) is 12.4 Å². The number of nitrogens with one attached hydrogen (secondary N) is 2. The first-order valence-electron chi connectivity index (χ1n) is 14.0. The molecule has 3 aromatic carbocycles. The van der Waals surface area contributed by atoms with Crippen molar-refractivity contribution < 1.29 is 23.5 Å². The number of aliphatic hydroxyl groups excluding tert-OH is 1. The van der Waals surface area contributed by atoms with Crippen molar-refractivity contribution in [2.24, 2.45) is 5.92 Å². The van der Waals surface area contributed by atoms with Crippen LogP contribution >= 0.6 is 12.4 Å². The van der Waals surface area contributed by atoms with Gasteiger partial charge in [-0.1, -0.05) is 51.5 Å². The molecule has 0 aliphatic rings. The van der Waals surface area contributed by atoms with Crippen LogP contribution in [0, 0.1) is 24.5 Å². The number of ketones is 1. The highest BCUT2D eigenvalue weighted by molar-refractivity contribution is 6.01. The lowest BCUT2D eigenvalue weighted by Crippen LogP contribution is -2.48. The molecule has 5 nitrogen and oxygen atoms in total. The molecule has 0 aromatic heterocycles. The maximum absolute atomic E-state index is 13.9. The second-order valence-electron chi connectivity index (χ2n) is 10.6. The Labute approximate surface area is 248 Å². The monoisotopic (exact) mass is 586 g/mol. The zero-order valence-corrected chi connectivity index (χ0v) is 25.0. The van der Waals surface area contributed by atoms with Gasteiger partial charge in [-0.2, -0.15) is 0 Å². The molecule has 222 valence electrons. The van der Waals surface area contributed by atoms with Crippen LogP contribution in [0.3, 0.4) is 0 Å². The van der Waals surface area contributed by atoms with Crippen molar-refractivity contribution in [3.8, 4) is 0 Å². The van der Waals surface area contributed by atoms with Gasteiger partial charge in [0.05, 0.1) is 12.1 Å². The summed E-state index contributed by atoms with van der Waals surface area (Å²) in [7, 11) is 0. The summed E-state index contributed by atoms with van der Waals surface area (Å²) in [6.45, 7) is 8.45. The number of carbonyl (C=O) groups is 2. The van der Waals surface area contributed by atoms with Crippen LogP contribution in [0.5, 0.6) is 0 Å². The Balaban J connectivity index is 0.00000588. The van der Waals surface area contributed by atoms with E-state index in [1.807, 2.05) is 32.9 Å². The Kier molecular flexibility index (Phi) is 13.6. The van der Waals surface area contributed by atoms with E-state index in [0.29, 0.717) is 23.2 Å². The van der Waals surface area contributed by atoms with Gasteiger partial charge in [0.2, 0.25) is 0 Å². The number of halogens is 3. The number of rotatable bonds is 14. The van der Waals surface area contributed by atoms with E-state index in [4.69, 9.17) is 0 Å². The number of benzene rings is 3. The molecule has 0 radical (unpaired) electrons. The normalized spacial score (nSPS) is 13.1. The number of hydrogen-bond acceptors (Lipinski definition) is 4. The lowest BCUT2D eigenvalue weighted by molar-refractivity contribution is 0.0829. The predicted octanol–water partition coefficient (Wildman–Crippen LogP) is 6.37. The van der Waals surface area contributed by atoms with Crippen LogP contribution in [0.1, 0.15) is 76.6 Å². The number of Topliss-reactive ketones (excluding diaryl/α,β-unsaturated/α-hetero) is 1. The topological polar surface area (TPSA) is 78.4 Å². The number of hydrogen-bond donors (Lipinski definition) is 3. The highest BCUT2D eigenvalue weighted by atomic mass is 35.5. The summed E-state index contributed by atoms with van der Waals surface area (Å²) < 4.78 is 27.8. The van der Waals surface area contributed by atoms with Crippen molar-refractivity contribution in [3.05, 3.63) is 106 Å². The maximum atomic E-state index is 13.9. The molecule has 3 rings (SSSR count). The van der Waals surface area contributed by atoms with E-state index in [1.165, 1.54) is 17.7 Å². The molecule has 8 heteroatoms. The molecule has 3 atom stereocenters. The minimum atomic E-state index is -1.06. The fourth-order valence-corrected chi connectivity index (χ4v) is 4.89. The lowest BCUT2D eigenvalue weighted by Gasteiger charge is -2.25. The molecule has 0 aliphatic heterocycles. The largest absolute Gasteiger partial charge is 0.390 e.